The molecule has 3 heteroatoms. The molecule has 0 saturated carbocycles. The van der Waals surface area contributed by atoms with Crippen LogP contribution in [0.2, 0.25) is 0 Å². The first-order valence-corrected chi connectivity index (χ1v) is 14.5. The van der Waals surface area contributed by atoms with E-state index in [-0.39, 0.29) is 0 Å². The highest BCUT2D eigenvalue weighted by Gasteiger charge is 2.22. The molecule has 2 heterocycles. The minimum Gasteiger partial charge on any atom is -0.455 e. The molecule has 0 bridgehead atoms. The lowest BCUT2D eigenvalue weighted by molar-refractivity contribution is 0.673. The normalized spacial score (nSPS) is 11.7. The average Bonchev–Trinajstić information content (AvgIpc) is 3.48. The van der Waals surface area contributed by atoms with Gasteiger partial charge in [-0.2, -0.15) is 0 Å². The van der Waals surface area contributed by atoms with E-state index in [0.717, 1.165) is 60.8 Å². The monoisotopic (exact) mass is 548 g/mol. The van der Waals surface area contributed by atoms with Gasteiger partial charge >= 0.3 is 0 Å². The molecule has 0 aliphatic carbocycles. The summed E-state index contributed by atoms with van der Waals surface area (Å²) in [5.41, 5.74) is 6.55. The van der Waals surface area contributed by atoms with Crippen LogP contribution in [-0.2, 0) is 0 Å². The van der Waals surface area contributed by atoms with Gasteiger partial charge in [-0.25, -0.2) is 9.97 Å². The first-order valence-electron chi connectivity index (χ1n) is 14.5. The number of fused-ring (bicyclic) bond motifs is 10. The lowest BCUT2D eigenvalue weighted by Crippen LogP contribution is -1.97. The van der Waals surface area contributed by atoms with E-state index in [9.17, 15) is 0 Å². The lowest BCUT2D eigenvalue weighted by Gasteiger charge is -2.14. The fourth-order valence-electron chi connectivity index (χ4n) is 6.53. The van der Waals surface area contributed by atoms with Gasteiger partial charge in [-0.1, -0.05) is 127 Å². The van der Waals surface area contributed by atoms with Gasteiger partial charge in [0, 0.05) is 32.8 Å². The van der Waals surface area contributed by atoms with E-state index in [2.05, 4.69) is 97.1 Å². The van der Waals surface area contributed by atoms with Gasteiger partial charge in [0.2, 0.25) is 0 Å². The predicted octanol–water partition coefficient (Wildman–Crippen LogP) is 10.8. The number of nitrogens with zero attached hydrogens (tertiary/aromatic N) is 2. The van der Waals surface area contributed by atoms with Crippen LogP contribution in [-0.4, -0.2) is 9.97 Å². The molecular formula is C40H24N2O. The van der Waals surface area contributed by atoms with Gasteiger partial charge in [-0.05, 0) is 45.1 Å². The van der Waals surface area contributed by atoms with Gasteiger partial charge in [0.15, 0.2) is 5.82 Å². The second kappa shape index (κ2) is 9.37. The van der Waals surface area contributed by atoms with Crippen LogP contribution >= 0.6 is 0 Å². The lowest BCUT2D eigenvalue weighted by atomic mass is 9.91. The molecule has 200 valence electrons. The van der Waals surface area contributed by atoms with Crippen molar-refractivity contribution in [1.82, 2.24) is 9.97 Å². The molecule has 0 unspecified atom stereocenters. The van der Waals surface area contributed by atoms with E-state index >= 15 is 0 Å². The van der Waals surface area contributed by atoms with Crippen LogP contribution in [0.15, 0.2) is 150 Å². The molecule has 0 spiro atoms. The van der Waals surface area contributed by atoms with E-state index in [1.54, 1.807) is 0 Å². The van der Waals surface area contributed by atoms with Gasteiger partial charge < -0.3 is 4.42 Å². The number of aromatic nitrogens is 2. The van der Waals surface area contributed by atoms with Crippen LogP contribution in [0.1, 0.15) is 0 Å². The van der Waals surface area contributed by atoms with E-state index in [1.165, 1.54) is 21.5 Å². The summed E-state index contributed by atoms with van der Waals surface area (Å²) in [6.07, 6.45) is 0. The molecule has 7 aromatic carbocycles. The summed E-state index contributed by atoms with van der Waals surface area (Å²) in [5, 5.41) is 9.13. The molecule has 9 rings (SSSR count). The molecule has 0 aliphatic heterocycles. The number of para-hydroxylation sites is 1. The molecule has 3 nitrogen and oxygen atoms in total. The zero-order valence-corrected chi connectivity index (χ0v) is 23.2. The molecule has 9 aromatic rings. The predicted molar refractivity (Wildman–Crippen MR) is 178 cm³/mol. The van der Waals surface area contributed by atoms with Crippen molar-refractivity contribution in [3.8, 4) is 33.9 Å². The minimum absolute atomic E-state index is 0.677. The Balaban J connectivity index is 1.48. The molecule has 0 saturated heterocycles. The summed E-state index contributed by atoms with van der Waals surface area (Å²) in [5.74, 6) is 0.677. The Hall–Kier alpha value is -5.80. The fourth-order valence-corrected chi connectivity index (χ4v) is 6.53. The van der Waals surface area contributed by atoms with E-state index in [4.69, 9.17) is 14.4 Å². The molecular weight excluding hydrogens is 524 g/mol. The van der Waals surface area contributed by atoms with Crippen molar-refractivity contribution in [2.75, 3.05) is 0 Å². The summed E-state index contributed by atoms with van der Waals surface area (Å²) in [6.45, 7) is 0. The van der Waals surface area contributed by atoms with Crippen LogP contribution in [0.3, 0.4) is 0 Å². The van der Waals surface area contributed by atoms with Crippen molar-refractivity contribution in [2.45, 2.75) is 0 Å². The molecule has 0 amide bonds. The SMILES string of the molecule is c1ccc(-c2cc(-c3ccccc3)nc(-c3cc4c5ccccc5c5ccccc5c4c4oc5ccccc5c34)n2)cc1. The first kappa shape index (κ1) is 23.9. The smallest absolute Gasteiger partial charge is 0.161 e. The summed E-state index contributed by atoms with van der Waals surface area (Å²) in [7, 11) is 0. The van der Waals surface area contributed by atoms with Crippen molar-refractivity contribution >= 4 is 54.3 Å². The summed E-state index contributed by atoms with van der Waals surface area (Å²) in [4.78, 5) is 10.5. The van der Waals surface area contributed by atoms with Crippen LogP contribution in [0.4, 0.5) is 0 Å². The fraction of sp³-hybridized carbons (Fsp3) is 0. The average molecular weight is 549 g/mol. The summed E-state index contributed by atoms with van der Waals surface area (Å²) >= 11 is 0. The number of rotatable bonds is 3. The van der Waals surface area contributed by atoms with Crippen LogP contribution in [0.25, 0.3) is 88.2 Å². The topological polar surface area (TPSA) is 38.9 Å². The van der Waals surface area contributed by atoms with E-state index in [1.807, 2.05) is 48.5 Å². The highest BCUT2D eigenvalue weighted by atomic mass is 16.3. The Morgan fingerprint density at radius 3 is 1.51 bits per heavy atom. The molecule has 43 heavy (non-hydrogen) atoms. The third kappa shape index (κ3) is 3.68. The van der Waals surface area contributed by atoms with E-state index < -0.39 is 0 Å². The van der Waals surface area contributed by atoms with Gasteiger partial charge in [0.25, 0.3) is 0 Å². The van der Waals surface area contributed by atoms with Crippen molar-refractivity contribution in [3.05, 3.63) is 146 Å². The summed E-state index contributed by atoms with van der Waals surface area (Å²) < 4.78 is 6.76. The van der Waals surface area contributed by atoms with Gasteiger partial charge in [-0.15, -0.1) is 0 Å². The molecule has 0 radical (unpaired) electrons. The van der Waals surface area contributed by atoms with E-state index in [0.29, 0.717) is 5.82 Å². The van der Waals surface area contributed by atoms with Gasteiger partial charge in [0.1, 0.15) is 11.2 Å². The summed E-state index contributed by atoms with van der Waals surface area (Å²) in [6, 6.07) is 50.6. The van der Waals surface area contributed by atoms with Crippen molar-refractivity contribution in [1.29, 1.82) is 0 Å². The number of benzene rings is 7. The Kier molecular flexibility index (Phi) is 5.20. The van der Waals surface area contributed by atoms with Crippen LogP contribution in [0.5, 0.6) is 0 Å². The van der Waals surface area contributed by atoms with Crippen LogP contribution < -0.4 is 0 Å². The maximum atomic E-state index is 6.76. The third-order valence-corrected chi connectivity index (χ3v) is 8.46. The van der Waals surface area contributed by atoms with Crippen molar-refractivity contribution in [3.63, 3.8) is 0 Å². The van der Waals surface area contributed by atoms with Crippen molar-refractivity contribution in [2.24, 2.45) is 0 Å². The molecule has 0 N–H and O–H groups in total. The first-order chi connectivity index (χ1) is 21.3. The maximum absolute atomic E-state index is 6.76. The highest BCUT2D eigenvalue weighted by molar-refractivity contribution is 6.34. The second-order valence-electron chi connectivity index (χ2n) is 10.9. The Morgan fingerprint density at radius 1 is 0.395 bits per heavy atom. The quantitative estimate of drug-likeness (QED) is 0.206. The molecule has 0 atom stereocenters. The standard InChI is InChI=1S/C40H24N2O/c1-3-13-25(14-4-1)34-24-35(26-15-5-2-6-16-26)42-40(41-34)33-23-32-29-19-8-7-17-27(29)28-18-9-10-20-30(28)37(32)39-38(33)31-21-11-12-22-36(31)43-39/h1-24H. The zero-order valence-electron chi connectivity index (χ0n) is 23.2. The number of furan rings is 1. The Bertz CT molecular complexity index is 2440. The number of hydrogen-bond donors (Lipinski definition) is 0. The largest absolute Gasteiger partial charge is 0.455 e. The Morgan fingerprint density at radius 2 is 0.884 bits per heavy atom. The number of hydrogen-bond acceptors (Lipinski definition) is 3. The Labute approximate surface area is 247 Å². The third-order valence-electron chi connectivity index (χ3n) is 8.46. The zero-order chi connectivity index (χ0) is 28.3. The molecule has 0 aliphatic rings. The van der Waals surface area contributed by atoms with Gasteiger partial charge in [0.05, 0.1) is 11.4 Å². The van der Waals surface area contributed by atoms with Crippen molar-refractivity contribution < 1.29 is 4.42 Å². The van der Waals surface area contributed by atoms with Gasteiger partial charge in [-0.3, -0.25) is 0 Å². The highest BCUT2D eigenvalue weighted by Crippen LogP contribution is 2.46. The maximum Gasteiger partial charge on any atom is 0.161 e. The van der Waals surface area contributed by atoms with Crippen LogP contribution in [0, 0.1) is 0 Å². The molecule has 0 fully saturated rings. The second-order valence-corrected chi connectivity index (χ2v) is 10.9. The minimum atomic E-state index is 0.677. The molecule has 2 aromatic heterocycles.